The van der Waals surface area contributed by atoms with Gasteiger partial charge in [0.25, 0.3) is 0 Å². The largest absolute Gasteiger partial charge is 0.355 e. The zero-order chi connectivity index (χ0) is 11.1. The molecule has 3 N–H and O–H groups in total. The van der Waals surface area contributed by atoms with Crippen molar-refractivity contribution in [3.63, 3.8) is 0 Å². The van der Waals surface area contributed by atoms with Gasteiger partial charge in [-0.2, -0.15) is 0 Å². The second-order valence-corrected chi connectivity index (χ2v) is 3.78. The first-order valence-electron chi connectivity index (χ1n) is 5.45. The smallest absolute Gasteiger partial charge is 0.237 e. The minimum Gasteiger partial charge on any atom is -0.355 e. The molecule has 0 saturated carbocycles. The molecule has 2 amide bonds. The summed E-state index contributed by atoms with van der Waals surface area (Å²) in [6.07, 6.45) is 3.17. The molecule has 0 spiro atoms. The minimum absolute atomic E-state index is 0.0417. The maximum absolute atomic E-state index is 11.6. The van der Waals surface area contributed by atoms with E-state index in [4.69, 9.17) is 0 Å². The van der Waals surface area contributed by atoms with Crippen LogP contribution in [0.25, 0.3) is 0 Å². The first-order chi connectivity index (χ1) is 7.20. The van der Waals surface area contributed by atoms with E-state index in [1.807, 2.05) is 0 Å². The molecule has 1 atom stereocenters. The number of carbonyl (C=O) groups excluding carboxylic acids is 2. The number of rotatable bonds is 4. The van der Waals surface area contributed by atoms with E-state index in [9.17, 15) is 9.59 Å². The summed E-state index contributed by atoms with van der Waals surface area (Å²) in [7, 11) is 0. The van der Waals surface area contributed by atoms with Crippen LogP contribution in [0, 0.1) is 0 Å². The number of piperidine rings is 1. The van der Waals surface area contributed by atoms with Gasteiger partial charge in [-0.15, -0.1) is 0 Å². The number of nitrogens with one attached hydrogen (secondary N) is 3. The van der Waals surface area contributed by atoms with Crippen molar-refractivity contribution in [2.45, 2.75) is 32.2 Å². The van der Waals surface area contributed by atoms with Gasteiger partial charge < -0.3 is 16.0 Å². The van der Waals surface area contributed by atoms with Crippen LogP contribution in [0.1, 0.15) is 26.2 Å². The average molecular weight is 213 g/mol. The zero-order valence-corrected chi connectivity index (χ0v) is 9.14. The van der Waals surface area contributed by atoms with Gasteiger partial charge in [0.1, 0.15) is 0 Å². The van der Waals surface area contributed by atoms with Gasteiger partial charge in [-0.05, 0) is 19.4 Å². The second-order valence-electron chi connectivity index (χ2n) is 3.78. The van der Waals surface area contributed by atoms with Crippen molar-refractivity contribution < 1.29 is 9.59 Å². The van der Waals surface area contributed by atoms with E-state index in [2.05, 4.69) is 16.0 Å². The molecule has 1 fully saturated rings. The lowest BCUT2D eigenvalue weighted by atomic mass is 10.0. The number of hydrogen-bond donors (Lipinski definition) is 3. The van der Waals surface area contributed by atoms with Gasteiger partial charge in [0.2, 0.25) is 11.8 Å². The monoisotopic (exact) mass is 213 g/mol. The molecule has 0 aliphatic carbocycles. The maximum Gasteiger partial charge on any atom is 0.237 e. The van der Waals surface area contributed by atoms with Crippen LogP contribution in [-0.4, -0.2) is 37.5 Å². The average Bonchev–Trinajstić information content (AvgIpc) is 2.25. The predicted octanol–water partition coefficient (Wildman–Crippen LogP) is -0.619. The lowest BCUT2D eigenvalue weighted by molar-refractivity contribution is -0.124. The number of hydrogen-bond acceptors (Lipinski definition) is 3. The second kappa shape index (κ2) is 6.40. The SMILES string of the molecule is CC(=O)NCCNC(=O)[C@@H]1CCCCN1. The Hall–Kier alpha value is -1.10. The number of carbonyl (C=O) groups is 2. The molecule has 1 rings (SSSR count). The van der Waals surface area contributed by atoms with E-state index in [0.717, 1.165) is 25.8 Å². The molecule has 0 aromatic rings. The van der Waals surface area contributed by atoms with E-state index in [-0.39, 0.29) is 17.9 Å². The van der Waals surface area contributed by atoms with Crippen molar-refractivity contribution in [3.8, 4) is 0 Å². The van der Waals surface area contributed by atoms with Crippen LogP contribution in [0.4, 0.5) is 0 Å². The molecule has 5 nitrogen and oxygen atoms in total. The summed E-state index contributed by atoms with van der Waals surface area (Å²) < 4.78 is 0. The third kappa shape index (κ3) is 4.78. The van der Waals surface area contributed by atoms with Crippen molar-refractivity contribution in [1.29, 1.82) is 0 Å². The molecule has 1 saturated heterocycles. The Labute approximate surface area is 90.0 Å². The third-order valence-corrected chi connectivity index (χ3v) is 2.42. The molecule has 1 heterocycles. The topological polar surface area (TPSA) is 70.2 Å². The molecule has 15 heavy (non-hydrogen) atoms. The van der Waals surface area contributed by atoms with Gasteiger partial charge in [0.15, 0.2) is 0 Å². The molecular weight excluding hydrogens is 194 g/mol. The zero-order valence-electron chi connectivity index (χ0n) is 9.14. The summed E-state index contributed by atoms with van der Waals surface area (Å²) in [5, 5.41) is 8.59. The Morgan fingerprint density at radius 1 is 1.27 bits per heavy atom. The lowest BCUT2D eigenvalue weighted by Crippen LogP contribution is -2.48. The van der Waals surface area contributed by atoms with Gasteiger partial charge in [0, 0.05) is 20.0 Å². The van der Waals surface area contributed by atoms with Gasteiger partial charge >= 0.3 is 0 Å². The molecule has 0 aromatic carbocycles. The first-order valence-corrected chi connectivity index (χ1v) is 5.45. The standard InChI is InChI=1S/C10H19N3O2/c1-8(14)11-6-7-13-10(15)9-4-2-3-5-12-9/h9,12H,2-7H2,1H3,(H,11,14)(H,13,15)/t9-/m0/s1. The minimum atomic E-state index is -0.0694. The fourth-order valence-corrected chi connectivity index (χ4v) is 1.62. The van der Waals surface area contributed by atoms with E-state index >= 15 is 0 Å². The quantitative estimate of drug-likeness (QED) is 0.545. The van der Waals surface area contributed by atoms with Crippen molar-refractivity contribution in [2.24, 2.45) is 0 Å². The van der Waals surface area contributed by atoms with Crippen LogP contribution in [0.3, 0.4) is 0 Å². The van der Waals surface area contributed by atoms with Crippen molar-refractivity contribution in [3.05, 3.63) is 0 Å². The highest BCUT2D eigenvalue weighted by Crippen LogP contribution is 2.06. The van der Waals surface area contributed by atoms with E-state index in [0.29, 0.717) is 13.1 Å². The highest BCUT2D eigenvalue weighted by atomic mass is 16.2. The summed E-state index contributed by atoms with van der Waals surface area (Å²) in [6.45, 7) is 3.37. The van der Waals surface area contributed by atoms with Gasteiger partial charge in [0.05, 0.1) is 6.04 Å². The summed E-state index contributed by atoms with van der Waals surface area (Å²) >= 11 is 0. The lowest BCUT2D eigenvalue weighted by Gasteiger charge is -2.22. The van der Waals surface area contributed by atoms with E-state index in [1.165, 1.54) is 6.92 Å². The molecule has 0 unspecified atom stereocenters. The van der Waals surface area contributed by atoms with Crippen LogP contribution in [-0.2, 0) is 9.59 Å². The van der Waals surface area contributed by atoms with E-state index < -0.39 is 0 Å². The van der Waals surface area contributed by atoms with Gasteiger partial charge in [-0.25, -0.2) is 0 Å². The van der Waals surface area contributed by atoms with Crippen LogP contribution < -0.4 is 16.0 Å². The molecule has 5 heteroatoms. The van der Waals surface area contributed by atoms with Gasteiger partial charge in [-0.1, -0.05) is 6.42 Å². The predicted molar refractivity (Wildman–Crippen MR) is 57.3 cm³/mol. The molecular formula is C10H19N3O2. The summed E-state index contributed by atoms with van der Waals surface area (Å²) in [6, 6.07) is -0.0453. The first kappa shape index (κ1) is 12.0. The molecule has 0 aromatic heterocycles. The summed E-state index contributed by atoms with van der Waals surface area (Å²) in [4.78, 5) is 22.1. The fourth-order valence-electron chi connectivity index (χ4n) is 1.62. The number of amides is 2. The normalized spacial score (nSPS) is 20.7. The fraction of sp³-hybridized carbons (Fsp3) is 0.800. The Morgan fingerprint density at radius 2 is 2.00 bits per heavy atom. The molecule has 1 aliphatic heterocycles. The van der Waals surface area contributed by atoms with Gasteiger partial charge in [-0.3, -0.25) is 9.59 Å². The van der Waals surface area contributed by atoms with Crippen molar-refractivity contribution in [2.75, 3.05) is 19.6 Å². The Morgan fingerprint density at radius 3 is 2.60 bits per heavy atom. The van der Waals surface area contributed by atoms with Crippen LogP contribution in [0.15, 0.2) is 0 Å². The Kier molecular flexibility index (Phi) is 5.10. The van der Waals surface area contributed by atoms with Crippen LogP contribution in [0.2, 0.25) is 0 Å². The maximum atomic E-state index is 11.6. The molecule has 86 valence electrons. The molecule has 0 bridgehead atoms. The Balaban J connectivity index is 2.09. The van der Waals surface area contributed by atoms with Crippen molar-refractivity contribution >= 4 is 11.8 Å². The molecule has 0 radical (unpaired) electrons. The highest BCUT2D eigenvalue weighted by Gasteiger charge is 2.19. The third-order valence-electron chi connectivity index (χ3n) is 2.42. The molecule has 1 aliphatic rings. The summed E-state index contributed by atoms with van der Waals surface area (Å²) in [5.41, 5.74) is 0. The Bertz CT molecular complexity index is 225. The summed E-state index contributed by atoms with van der Waals surface area (Å²) in [5.74, 6) is -0.0277. The van der Waals surface area contributed by atoms with Crippen LogP contribution >= 0.6 is 0 Å². The van der Waals surface area contributed by atoms with Crippen LogP contribution in [0.5, 0.6) is 0 Å². The highest BCUT2D eigenvalue weighted by molar-refractivity contribution is 5.81. The van der Waals surface area contributed by atoms with E-state index in [1.54, 1.807) is 0 Å². The van der Waals surface area contributed by atoms with Crippen molar-refractivity contribution in [1.82, 2.24) is 16.0 Å².